The molecule has 1 aromatic heterocycles. The van der Waals surface area contributed by atoms with Gasteiger partial charge in [-0.15, -0.1) is 0 Å². The second-order valence-electron chi connectivity index (χ2n) is 4.19. The summed E-state index contributed by atoms with van der Waals surface area (Å²) in [5.41, 5.74) is 1.29. The highest BCUT2D eigenvalue weighted by Gasteiger charge is 2.18. The topological polar surface area (TPSA) is 34.9 Å². The van der Waals surface area contributed by atoms with Gasteiger partial charge in [-0.1, -0.05) is 0 Å². The number of nitrogens with zero attached hydrogens (tertiary/aromatic N) is 2. The quantitative estimate of drug-likeness (QED) is 0.811. The lowest BCUT2D eigenvalue weighted by Gasteiger charge is -2.04. The zero-order valence-electron chi connectivity index (χ0n) is 10.4. The molecule has 100 valence electrons. The summed E-state index contributed by atoms with van der Waals surface area (Å²) >= 11 is 3.34. The molecule has 0 atom stereocenters. The number of hydrogen-bond acceptors (Lipinski definition) is 2. The van der Waals surface area contributed by atoms with E-state index in [-0.39, 0.29) is 12.0 Å². The van der Waals surface area contributed by atoms with E-state index in [9.17, 15) is 13.6 Å². The molecule has 0 N–H and O–H groups in total. The number of Topliss-reactive ketones (excluding diaryl/α,β-unsaturated/α-hetero) is 1. The number of carbonyl (C=O) groups is 1. The summed E-state index contributed by atoms with van der Waals surface area (Å²) in [4.78, 5) is 12.0. The van der Waals surface area contributed by atoms with Gasteiger partial charge >= 0.3 is 0 Å². The fraction of sp³-hybridized carbons (Fsp3) is 0.231. The normalized spacial score (nSPS) is 10.8. The molecule has 2 aromatic rings. The smallest absolute Gasteiger partial charge is 0.171 e. The highest BCUT2D eigenvalue weighted by atomic mass is 79.9. The zero-order valence-corrected chi connectivity index (χ0v) is 12.0. The maximum absolute atomic E-state index is 13.5. The van der Waals surface area contributed by atoms with Gasteiger partial charge in [0.15, 0.2) is 5.78 Å². The molecule has 1 heterocycles. The second-order valence-corrected chi connectivity index (χ2v) is 4.99. The maximum atomic E-state index is 13.5. The molecule has 0 spiro atoms. The van der Waals surface area contributed by atoms with Gasteiger partial charge in [-0.05, 0) is 35.0 Å². The fourth-order valence-electron chi connectivity index (χ4n) is 1.84. The lowest BCUT2D eigenvalue weighted by Crippen LogP contribution is -2.10. The molecule has 6 heteroatoms. The standard InChI is InChI=1S/C13H11BrF2N2O/c1-7-13(14)11(18(2)17-7)6-12(19)9-4-3-8(15)5-10(9)16/h3-5H,6H2,1-2H3. The molecule has 0 aliphatic heterocycles. The van der Waals surface area contributed by atoms with Crippen molar-refractivity contribution in [3.63, 3.8) is 0 Å². The highest BCUT2D eigenvalue weighted by molar-refractivity contribution is 9.10. The molecule has 3 nitrogen and oxygen atoms in total. The lowest BCUT2D eigenvalue weighted by molar-refractivity contribution is 0.0986. The molecule has 1 aromatic carbocycles. The Hall–Kier alpha value is -1.56. The van der Waals surface area contributed by atoms with Gasteiger partial charge in [-0.2, -0.15) is 5.10 Å². The van der Waals surface area contributed by atoms with Gasteiger partial charge < -0.3 is 0 Å². The third kappa shape index (κ3) is 2.73. The third-order valence-electron chi connectivity index (χ3n) is 2.82. The van der Waals surface area contributed by atoms with Crippen LogP contribution in [0.3, 0.4) is 0 Å². The predicted octanol–water partition coefficient (Wildman–Crippen LogP) is 3.19. The number of aryl methyl sites for hydroxylation is 2. The van der Waals surface area contributed by atoms with Gasteiger partial charge in [0, 0.05) is 13.1 Å². The molecule has 0 bridgehead atoms. The van der Waals surface area contributed by atoms with Crippen LogP contribution in [0.1, 0.15) is 21.7 Å². The number of hydrogen-bond donors (Lipinski definition) is 0. The van der Waals surface area contributed by atoms with E-state index in [4.69, 9.17) is 0 Å². The number of halogens is 3. The Morgan fingerprint density at radius 3 is 2.63 bits per heavy atom. The number of carbonyl (C=O) groups excluding carboxylic acids is 1. The average molecular weight is 329 g/mol. The Balaban J connectivity index is 2.31. The van der Waals surface area contributed by atoms with Crippen molar-refractivity contribution in [3.05, 3.63) is 51.3 Å². The van der Waals surface area contributed by atoms with Crippen LogP contribution in [0.25, 0.3) is 0 Å². The Morgan fingerprint density at radius 1 is 1.42 bits per heavy atom. The first kappa shape index (κ1) is 13.9. The van der Waals surface area contributed by atoms with E-state index in [1.54, 1.807) is 18.7 Å². The average Bonchev–Trinajstić information content (AvgIpc) is 2.56. The number of benzene rings is 1. The van der Waals surface area contributed by atoms with Crippen LogP contribution in [-0.2, 0) is 13.5 Å². The van der Waals surface area contributed by atoms with Gasteiger partial charge in [0.05, 0.1) is 27.8 Å². The van der Waals surface area contributed by atoms with Gasteiger partial charge in [0.1, 0.15) is 11.6 Å². The van der Waals surface area contributed by atoms with Gasteiger partial charge in [0.25, 0.3) is 0 Å². The van der Waals surface area contributed by atoms with Crippen LogP contribution in [0.4, 0.5) is 8.78 Å². The first-order valence-electron chi connectivity index (χ1n) is 5.56. The molecular weight excluding hydrogens is 318 g/mol. The molecule has 0 saturated heterocycles. The molecule has 0 fully saturated rings. The highest BCUT2D eigenvalue weighted by Crippen LogP contribution is 2.22. The van der Waals surface area contributed by atoms with Crippen molar-refractivity contribution >= 4 is 21.7 Å². The van der Waals surface area contributed by atoms with Crippen molar-refractivity contribution in [2.75, 3.05) is 0 Å². The summed E-state index contributed by atoms with van der Waals surface area (Å²) in [6.45, 7) is 1.80. The number of ketones is 1. The van der Waals surface area contributed by atoms with Gasteiger partial charge in [-0.3, -0.25) is 9.48 Å². The Bertz CT molecular complexity index is 652. The molecule has 0 aliphatic carbocycles. The van der Waals surface area contributed by atoms with Crippen molar-refractivity contribution in [1.82, 2.24) is 9.78 Å². The summed E-state index contributed by atoms with van der Waals surface area (Å²) in [6.07, 6.45) is 0.000472. The van der Waals surface area contributed by atoms with Gasteiger partial charge in [0.2, 0.25) is 0 Å². The van der Waals surface area contributed by atoms with Crippen molar-refractivity contribution in [2.45, 2.75) is 13.3 Å². The van der Waals surface area contributed by atoms with E-state index in [2.05, 4.69) is 21.0 Å². The van der Waals surface area contributed by atoms with Crippen LogP contribution in [0.15, 0.2) is 22.7 Å². The summed E-state index contributed by atoms with van der Waals surface area (Å²) in [5, 5.41) is 4.16. The molecule has 19 heavy (non-hydrogen) atoms. The van der Waals surface area contributed by atoms with Gasteiger partial charge in [-0.25, -0.2) is 8.78 Å². The molecular formula is C13H11BrF2N2O. The van der Waals surface area contributed by atoms with Crippen LogP contribution in [0.5, 0.6) is 0 Å². The molecule has 0 radical (unpaired) electrons. The SMILES string of the molecule is Cc1nn(C)c(CC(=O)c2ccc(F)cc2F)c1Br. The molecule has 0 unspecified atom stereocenters. The van der Waals surface area contributed by atoms with Crippen LogP contribution in [0.2, 0.25) is 0 Å². The van der Waals surface area contributed by atoms with Crippen molar-refractivity contribution < 1.29 is 13.6 Å². The molecule has 0 saturated carbocycles. The van der Waals surface area contributed by atoms with Crippen LogP contribution >= 0.6 is 15.9 Å². The summed E-state index contributed by atoms with van der Waals surface area (Å²) in [5.74, 6) is -1.96. The van der Waals surface area contributed by atoms with Crippen molar-refractivity contribution in [2.24, 2.45) is 7.05 Å². The predicted molar refractivity (Wildman–Crippen MR) is 70.0 cm³/mol. The van der Waals surface area contributed by atoms with E-state index in [1.807, 2.05) is 0 Å². The monoisotopic (exact) mass is 328 g/mol. The van der Waals surface area contributed by atoms with E-state index < -0.39 is 17.4 Å². The Labute approximate surface area is 117 Å². The van der Waals surface area contributed by atoms with E-state index in [0.717, 1.165) is 22.3 Å². The maximum Gasteiger partial charge on any atom is 0.171 e. The molecule has 0 amide bonds. The van der Waals surface area contributed by atoms with Crippen LogP contribution in [0, 0.1) is 18.6 Å². The van der Waals surface area contributed by atoms with E-state index in [0.29, 0.717) is 11.8 Å². The zero-order chi connectivity index (χ0) is 14.2. The van der Waals surface area contributed by atoms with E-state index >= 15 is 0 Å². The summed E-state index contributed by atoms with van der Waals surface area (Å²) in [6, 6.07) is 2.93. The largest absolute Gasteiger partial charge is 0.294 e. The second kappa shape index (κ2) is 5.21. The minimum Gasteiger partial charge on any atom is -0.294 e. The number of aromatic nitrogens is 2. The summed E-state index contributed by atoms with van der Waals surface area (Å²) in [7, 11) is 1.71. The number of rotatable bonds is 3. The first-order valence-corrected chi connectivity index (χ1v) is 6.35. The minimum atomic E-state index is -0.847. The Kier molecular flexibility index (Phi) is 3.80. The first-order chi connectivity index (χ1) is 8.90. The van der Waals surface area contributed by atoms with Crippen LogP contribution in [-0.4, -0.2) is 15.6 Å². The Morgan fingerprint density at radius 2 is 2.11 bits per heavy atom. The van der Waals surface area contributed by atoms with Crippen LogP contribution < -0.4 is 0 Å². The van der Waals surface area contributed by atoms with Crippen molar-refractivity contribution in [3.8, 4) is 0 Å². The van der Waals surface area contributed by atoms with E-state index in [1.165, 1.54) is 0 Å². The molecule has 0 aliphatic rings. The van der Waals surface area contributed by atoms with Crippen molar-refractivity contribution in [1.29, 1.82) is 0 Å². The third-order valence-corrected chi connectivity index (χ3v) is 3.85. The lowest BCUT2D eigenvalue weighted by atomic mass is 10.1. The summed E-state index contributed by atoms with van der Waals surface area (Å²) < 4.78 is 28.6. The fourth-order valence-corrected chi connectivity index (χ4v) is 2.31. The minimum absolute atomic E-state index is 0.000472. The molecule has 2 rings (SSSR count).